The van der Waals surface area contributed by atoms with Crippen LogP contribution in [0.1, 0.15) is 57.6 Å². The molecule has 8 heteroatoms. The van der Waals surface area contributed by atoms with Crippen molar-refractivity contribution in [3.05, 3.63) is 59.3 Å². The highest BCUT2D eigenvalue weighted by Crippen LogP contribution is 2.11. The summed E-state index contributed by atoms with van der Waals surface area (Å²) in [5, 5.41) is 8.84. The van der Waals surface area contributed by atoms with E-state index < -0.39 is 23.6 Å². The fourth-order valence-corrected chi connectivity index (χ4v) is 3.44. The van der Waals surface area contributed by atoms with Crippen LogP contribution in [0.25, 0.3) is 0 Å². The van der Waals surface area contributed by atoms with Crippen LogP contribution in [-0.4, -0.2) is 35.4 Å². The number of carbonyl (C=O) groups excluding carboxylic acids is 2. The van der Waals surface area contributed by atoms with Crippen molar-refractivity contribution in [2.24, 2.45) is 0 Å². The smallest absolute Gasteiger partial charge is 0.248 e. The number of amides is 2. The van der Waals surface area contributed by atoms with Gasteiger partial charge in [-0.25, -0.2) is 13.8 Å². The minimum Gasteiger partial charge on any atom is -0.344 e. The molecule has 2 rings (SSSR count). The van der Waals surface area contributed by atoms with Gasteiger partial charge in [0.15, 0.2) is 0 Å². The Morgan fingerprint density at radius 2 is 1.73 bits per heavy atom. The number of benzene rings is 1. The van der Waals surface area contributed by atoms with Crippen LogP contribution in [0.4, 0.5) is 14.6 Å². The van der Waals surface area contributed by atoms with Gasteiger partial charge in [-0.2, -0.15) is 0 Å². The van der Waals surface area contributed by atoms with Crippen LogP contribution in [0.15, 0.2) is 36.5 Å². The van der Waals surface area contributed by atoms with Crippen molar-refractivity contribution >= 4 is 17.6 Å². The predicted octanol–water partition coefficient (Wildman–Crippen LogP) is 4.15. The first kappa shape index (κ1) is 26.4. The summed E-state index contributed by atoms with van der Waals surface area (Å²) in [6, 6.07) is 6.28. The molecule has 0 saturated carbocycles. The van der Waals surface area contributed by atoms with Crippen molar-refractivity contribution in [3.8, 4) is 0 Å². The van der Waals surface area contributed by atoms with E-state index in [1.807, 2.05) is 13.0 Å². The molecule has 0 aliphatic carbocycles. The summed E-state index contributed by atoms with van der Waals surface area (Å²) < 4.78 is 26.7. The molecular formula is C25H34F2N4O2. The van der Waals surface area contributed by atoms with Gasteiger partial charge in [0, 0.05) is 18.3 Å². The van der Waals surface area contributed by atoms with Crippen molar-refractivity contribution in [2.45, 2.75) is 71.4 Å². The first-order valence-electron chi connectivity index (χ1n) is 11.5. The Morgan fingerprint density at radius 3 is 2.33 bits per heavy atom. The average Bonchev–Trinajstić information content (AvgIpc) is 2.76. The van der Waals surface area contributed by atoms with Gasteiger partial charge in [-0.05, 0) is 68.5 Å². The van der Waals surface area contributed by atoms with Crippen molar-refractivity contribution in [2.75, 3.05) is 11.9 Å². The Bertz CT molecular complexity index is 886. The molecule has 33 heavy (non-hydrogen) atoms. The topological polar surface area (TPSA) is 83.1 Å². The number of rotatable bonds is 13. The third kappa shape index (κ3) is 9.65. The zero-order valence-corrected chi connectivity index (χ0v) is 19.6. The highest BCUT2D eigenvalue weighted by Gasteiger charge is 2.21. The van der Waals surface area contributed by atoms with Crippen molar-refractivity contribution in [1.29, 1.82) is 0 Å². The van der Waals surface area contributed by atoms with Gasteiger partial charge in [0.2, 0.25) is 11.8 Å². The molecule has 2 amide bonds. The largest absolute Gasteiger partial charge is 0.344 e. The number of nitrogens with one attached hydrogen (secondary N) is 3. The molecule has 2 aromatic rings. The number of carbonyl (C=O) groups is 2. The summed E-state index contributed by atoms with van der Waals surface area (Å²) >= 11 is 0. The van der Waals surface area contributed by atoms with Crippen LogP contribution < -0.4 is 16.0 Å². The summed E-state index contributed by atoms with van der Waals surface area (Å²) in [6.07, 6.45) is 5.60. The molecule has 0 spiro atoms. The maximum Gasteiger partial charge on any atom is 0.248 e. The Labute approximate surface area is 194 Å². The van der Waals surface area contributed by atoms with Crippen molar-refractivity contribution < 1.29 is 18.4 Å². The lowest BCUT2D eigenvalue weighted by Crippen LogP contribution is -2.44. The van der Waals surface area contributed by atoms with Crippen LogP contribution >= 0.6 is 0 Å². The molecule has 1 aromatic carbocycles. The standard InChI is InChI=1S/C25H34F2N4O2/c1-4-6-22(30-24(32)14-19-12-20(26)15-21(27)13-19)25(33)31-23-10-9-18(16-29-23)8-7-17(3)28-11-5-2/h9-10,12-13,15-17,22,28H,4-8,11,14H2,1-3H3,(H,30,32)(H,29,31,33). The fourth-order valence-electron chi connectivity index (χ4n) is 3.44. The van der Waals surface area contributed by atoms with Gasteiger partial charge in [0.05, 0.1) is 6.42 Å². The molecule has 0 aliphatic rings. The second-order valence-corrected chi connectivity index (χ2v) is 8.30. The number of pyridine rings is 1. The van der Waals surface area contributed by atoms with Crippen LogP contribution in [0.3, 0.4) is 0 Å². The van der Waals surface area contributed by atoms with Crippen molar-refractivity contribution in [3.63, 3.8) is 0 Å². The van der Waals surface area contributed by atoms with Gasteiger partial charge >= 0.3 is 0 Å². The van der Waals surface area contributed by atoms with E-state index in [1.165, 1.54) is 0 Å². The van der Waals surface area contributed by atoms with E-state index in [1.54, 1.807) is 12.3 Å². The number of halogens is 2. The van der Waals surface area contributed by atoms with E-state index in [2.05, 4.69) is 34.8 Å². The lowest BCUT2D eigenvalue weighted by Gasteiger charge is -2.18. The molecule has 0 radical (unpaired) electrons. The zero-order valence-electron chi connectivity index (χ0n) is 19.6. The molecule has 1 aromatic heterocycles. The van der Waals surface area contributed by atoms with E-state index in [0.29, 0.717) is 24.7 Å². The van der Waals surface area contributed by atoms with Gasteiger partial charge in [-0.3, -0.25) is 9.59 Å². The summed E-state index contributed by atoms with van der Waals surface area (Å²) in [5.74, 6) is -1.96. The normalized spacial score (nSPS) is 12.8. The molecule has 3 N–H and O–H groups in total. The number of aromatic nitrogens is 1. The van der Waals surface area contributed by atoms with E-state index in [-0.39, 0.29) is 17.9 Å². The van der Waals surface area contributed by atoms with Crippen LogP contribution in [-0.2, 0) is 22.4 Å². The first-order chi connectivity index (χ1) is 15.8. The summed E-state index contributed by atoms with van der Waals surface area (Å²) in [5.41, 5.74) is 1.29. The molecular weight excluding hydrogens is 426 g/mol. The second-order valence-electron chi connectivity index (χ2n) is 8.30. The van der Waals surface area contributed by atoms with E-state index >= 15 is 0 Å². The van der Waals surface area contributed by atoms with E-state index in [9.17, 15) is 18.4 Å². The number of anilines is 1. The van der Waals surface area contributed by atoms with Gasteiger partial charge in [-0.15, -0.1) is 0 Å². The highest BCUT2D eigenvalue weighted by atomic mass is 19.1. The van der Waals surface area contributed by atoms with E-state index in [4.69, 9.17) is 0 Å². The molecule has 1 heterocycles. The molecule has 0 aliphatic heterocycles. The van der Waals surface area contributed by atoms with Gasteiger partial charge in [0.25, 0.3) is 0 Å². The summed E-state index contributed by atoms with van der Waals surface area (Å²) in [4.78, 5) is 29.4. The summed E-state index contributed by atoms with van der Waals surface area (Å²) in [6.45, 7) is 7.19. The number of hydrogen-bond acceptors (Lipinski definition) is 4. The quantitative estimate of drug-likeness (QED) is 0.419. The number of hydrogen-bond donors (Lipinski definition) is 3. The van der Waals surface area contributed by atoms with Gasteiger partial charge < -0.3 is 16.0 Å². The maximum atomic E-state index is 13.4. The molecule has 180 valence electrons. The van der Waals surface area contributed by atoms with Crippen LogP contribution in [0.5, 0.6) is 0 Å². The van der Waals surface area contributed by atoms with Gasteiger partial charge in [0.1, 0.15) is 23.5 Å². The summed E-state index contributed by atoms with van der Waals surface area (Å²) in [7, 11) is 0. The first-order valence-corrected chi connectivity index (χ1v) is 11.5. The molecule has 2 atom stereocenters. The Balaban J connectivity index is 1.90. The lowest BCUT2D eigenvalue weighted by molar-refractivity contribution is -0.126. The molecule has 0 bridgehead atoms. The Kier molecular flexibility index (Phi) is 10.9. The third-order valence-corrected chi connectivity index (χ3v) is 5.20. The number of nitrogens with zero attached hydrogens (tertiary/aromatic N) is 1. The average molecular weight is 461 g/mol. The minimum absolute atomic E-state index is 0.206. The SMILES string of the molecule is CCCNC(C)CCc1ccc(NC(=O)C(CCC)NC(=O)Cc2cc(F)cc(F)c2)nc1. The molecule has 0 saturated heterocycles. The fraction of sp³-hybridized carbons (Fsp3) is 0.480. The van der Waals surface area contributed by atoms with Crippen LogP contribution in [0, 0.1) is 11.6 Å². The molecule has 0 fully saturated rings. The minimum atomic E-state index is -0.770. The van der Waals surface area contributed by atoms with Crippen molar-refractivity contribution in [1.82, 2.24) is 15.6 Å². The monoisotopic (exact) mass is 460 g/mol. The lowest BCUT2D eigenvalue weighted by atomic mass is 10.1. The van der Waals surface area contributed by atoms with Gasteiger partial charge in [-0.1, -0.05) is 26.3 Å². The predicted molar refractivity (Wildman–Crippen MR) is 126 cm³/mol. The molecule has 2 unspecified atom stereocenters. The highest BCUT2D eigenvalue weighted by molar-refractivity contribution is 5.96. The van der Waals surface area contributed by atoms with Crippen LogP contribution in [0.2, 0.25) is 0 Å². The Hall–Kier alpha value is -2.87. The Morgan fingerprint density at radius 1 is 1.00 bits per heavy atom. The third-order valence-electron chi connectivity index (χ3n) is 5.20. The second kappa shape index (κ2) is 13.6. The maximum absolute atomic E-state index is 13.4. The van der Waals surface area contributed by atoms with E-state index in [0.717, 1.165) is 49.6 Å². The molecule has 6 nitrogen and oxygen atoms in total. The zero-order chi connectivity index (χ0) is 24.2. The number of aryl methyl sites for hydroxylation is 1.